The summed E-state index contributed by atoms with van der Waals surface area (Å²) in [5, 5.41) is 16.0. The molecule has 0 saturated carbocycles. The van der Waals surface area contributed by atoms with Crippen LogP contribution in [0.15, 0.2) is 42.5 Å². The van der Waals surface area contributed by atoms with Crippen molar-refractivity contribution in [3.05, 3.63) is 68.1 Å². The molecule has 5 nitrogen and oxygen atoms in total. The lowest BCUT2D eigenvalue weighted by atomic mass is 10.2. The monoisotopic (exact) mass is 412 g/mol. The average Bonchev–Trinajstić information content (AvgIpc) is 2.98. The second-order valence-electron chi connectivity index (χ2n) is 5.02. The number of nitrogens with one attached hydrogen (secondary N) is 2. The van der Waals surface area contributed by atoms with Crippen molar-refractivity contribution < 1.29 is 4.79 Å². The Kier molecular flexibility index (Phi) is 5.75. The van der Waals surface area contributed by atoms with Gasteiger partial charge in [0.15, 0.2) is 0 Å². The molecular formula is C16H11Cl3N4OS. The molecule has 0 aliphatic carbocycles. The van der Waals surface area contributed by atoms with Crippen LogP contribution in [0, 0.1) is 0 Å². The lowest BCUT2D eigenvalue weighted by Crippen LogP contribution is -2.19. The van der Waals surface area contributed by atoms with Crippen molar-refractivity contribution in [1.29, 1.82) is 0 Å². The van der Waals surface area contributed by atoms with E-state index in [-0.39, 0.29) is 0 Å². The molecule has 0 saturated heterocycles. The lowest BCUT2D eigenvalue weighted by Gasteiger charge is -2.04. The van der Waals surface area contributed by atoms with Crippen LogP contribution in [-0.4, -0.2) is 16.2 Å². The smallest absolute Gasteiger partial charge is 0.308 e. The van der Waals surface area contributed by atoms with Gasteiger partial charge in [0.1, 0.15) is 5.01 Å². The van der Waals surface area contributed by atoms with Crippen LogP contribution in [0.1, 0.15) is 10.6 Å². The number of carbonyl (C=O) groups excluding carboxylic acids is 1. The molecule has 1 aromatic heterocycles. The summed E-state index contributed by atoms with van der Waals surface area (Å²) in [6, 6.07) is 11.8. The first-order valence-corrected chi connectivity index (χ1v) is 9.04. The molecule has 0 fully saturated rings. The third kappa shape index (κ3) is 5.06. The third-order valence-electron chi connectivity index (χ3n) is 3.11. The minimum atomic E-state index is -0.417. The second-order valence-corrected chi connectivity index (χ2v) is 7.33. The van der Waals surface area contributed by atoms with Crippen LogP contribution in [0.2, 0.25) is 15.1 Å². The molecular weight excluding hydrogens is 403 g/mol. The van der Waals surface area contributed by atoms with Crippen molar-refractivity contribution in [1.82, 2.24) is 10.2 Å². The molecule has 2 aromatic carbocycles. The molecule has 128 valence electrons. The molecule has 2 amide bonds. The zero-order valence-electron chi connectivity index (χ0n) is 12.6. The van der Waals surface area contributed by atoms with Crippen LogP contribution in [0.5, 0.6) is 0 Å². The lowest BCUT2D eigenvalue weighted by molar-refractivity contribution is 0.262. The summed E-state index contributed by atoms with van der Waals surface area (Å²) < 4.78 is 0. The van der Waals surface area contributed by atoms with Gasteiger partial charge in [0.05, 0.1) is 10.0 Å². The molecule has 0 bridgehead atoms. The Hall–Kier alpha value is -1.86. The zero-order chi connectivity index (χ0) is 17.8. The minimum Gasteiger partial charge on any atom is -0.308 e. The van der Waals surface area contributed by atoms with E-state index in [9.17, 15) is 4.79 Å². The molecule has 0 atom stereocenters. The minimum absolute atomic E-state index is 0.398. The molecule has 0 spiro atoms. The molecule has 0 aliphatic rings. The van der Waals surface area contributed by atoms with Crippen LogP contribution >= 0.6 is 46.1 Å². The van der Waals surface area contributed by atoms with Gasteiger partial charge in [0.25, 0.3) is 0 Å². The van der Waals surface area contributed by atoms with Gasteiger partial charge in [0.2, 0.25) is 5.13 Å². The van der Waals surface area contributed by atoms with Gasteiger partial charge >= 0.3 is 6.03 Å². The highest BCUT2D eigenvalue weighted by atomic mass is 35.5. The summed E-state index contributed by atoms with van der Waals surface area (Å²) in [6.07, 6.45) is 0.548. The number of carbonyl (C=O) groups is 1. The van der Waals surface area contributed by atoms with E-state index in [2.05, 4.69) is 20.8 Å². The van der Waals surface area contributed by atoms with Gasteiger partial charge in [-0.25, -0.2) is 4.79 Å². The first-order valence-electron chi connectivity index (χ1n) is 7.09. The van der Waals surface area contributed by atoms with Gasteiger partial charge in [-0.05, 0) is 35.9 Å². The van der Waals surface area contributed by atoms with Crippen molar-refractivity contribution in [3.8, 4) is 0 Å². The van der Waals surface area contributed by atoms with Crippen molar-refractivity contribution in [2.75, 3.05) is 10.6 Å². The number of halogens is 3. The maximum atomic E-state index is 12.0. The highest BCUT2D eigenvalue weighted by Gasteiger charge is 2.10. The number of nitrogens with zero attached hydrogens (tertiary/aromatic N) is 2. The largest absolute Gasteiger partial charge is 0.325 e. The Bertz CT molecular complexity index is 916. The average molecular weight is 414 g/mol. The van der Waals surface area contributed by atoms with E-state index >= 15 is 0 Å². The number of rotatable bonds is 4. The summed E-state index contributed by atoms with van der Waals surface area (Å²) in [7, 11) is 0. The van der Waals surface area contributed by atoms with Gasteiger partial charge in [0, 0.05) is 17.1 Å². The van der Waals surface area contributed by atoms with Crippen molar-refractivity contribution in [3.63, 3.8) is 0 Å². The normalized spacial score (nSPS) is 10.5. The van der Waals surface area contributed by atoms with Gasteiger partial charge in [-0.2, -0.15) is 0 Å². The van der Waals surface area contributed by atoms with Crippen LogP contribution in [-0.2, 0) is 6.42 Å². The Labute approximate surface area is 162 Å². The van der Waals surface area contributed by atoms with Crippen molar-refractivity contribution >= 4 is 63.0 Å². The second kappa shape index (κ2) is 8.01. The fourth-order valence-electron chi connectivity index (χ4n) is 2.03. The quantitative estimate of drug-likeness (QED) is 0.573. The summed E-state index contributed by atoms with van der Waals surface area (Å²) >= 11 is 19.1. The molecule has 0 unspecified atom stereocenters. The number of benzene rings is 2. The molecule has 1 heterocycles. The third-order valence-corrected chi connectivity index (χ3v) is 4.92. The summed E-state index contributed by atoms with van der Waals surface area (Å²) in [6.45, 7) is 0. The van der Waals surface area contributed by atoms with E-state index in [4.69, 9.17) is 34.8 Å². The van der Waals surface area contributed by atoms with Crippen LogP contribution < -0.4 is 10.6 Å². The fraction of sp³-hybridized carbons (Fsp3) is 0.0625. The molecule has 0 aliphatic heterocycles. The Morgan fingerprint density at radius 1 is 1.00 bits per heavy atom. The Balaban J connectivity index is 1.61. The maximum Gasteiger partial charge on any atom is 0.325 e. The summed E-state index contributed by atoms with van der Waals surface area (Å²) in [5.74, 6) is 0. The number of hydrogen-bond donors (Lipinski definition) is 2. The van der Waals surface area contributed by atoms with Gasteiger partial charge in [-0.3, -0.25) is 5.32 Å². The summed E-state index contributed by atoms with van der Waals surface area (Å²) in [4.78, 5) is 12.0. The van der Waals surface area contributed by atoms with Gasteiger partial charge < -0.3 is 5.32 Å². The zero-order valence-corrected chi connectivity index (χ0v) is 15.7. The van der Waals surface area contributed by atoms with E-state index in [1.165, 1.54) is 11.3 Å². The number of aromatic nitrogens is 2. The summed E-state index contributed by atoms with van der Waals surface area (Å²) in [5.41, 5.74) is 1.55. The Morgan fingerprint density at radius 3 is 2.60 bits per heavy atom. The highest BCUT2D eigenvalue weighted by Crippen LogP contribution is 2.25. The van der Waals surface area contributed by atoms with Gasteiger partial charge in [-0.1, -0.05) is 58.3 Å². The predicted molar refractivity (Wildman–Crippen MR) is 103 cm³/mol. The van der Waals surface area contributed by atoms with E-state index < -0.39 is 6.03 Å². The molecule has 3 rings (SSSR count). The maximum absolute atomic E-state index is 12.0. The highest BCUT2D eigenvalue weighted by molar-refractivity contribution is 7.15. The van der Waals surface area contributed by atoms with Crippen LogP contribution in [0.4, 0.5) is 15.6 Å². The standard InChI is InChI=1S/C16H11Cl3N4OS/c17-10-2-1-3-11(8-10)20-15(24)21-16-23-22-14(25-16)7-9-4-5-12(18)13(19)6-9/h1-6,8H,7H2,(H2,20,21,23,24). The predicted octanol–water partition coefficient (Wildman–Crippen LogP) is 5.73. The SMILES string of the molecule is O=C(Nc1cccc(Cl)c1)Nc1nnc(Cc2ccc(Cl)c(Cl)c2)s1. The Morgan fingerprint density at radius 2 is 1.84 bits per heavy atom. The van der Waals surface area contributed by atoms with Crippen molar-refractivity contribution in [2.45, 2.75) is 6.42 Å². The van der Waals surface area contributed by atoms with E-state index in [0.29, 0.717) is 32.3 Å². The number of hydrogen-bond acceptors (Lipinski definition) is 4. The first-order chi connectivity index (χ1) is 12.0. The molecule has 0 radical (unpaired) electrons. The fourth-order valence-corrected chi connectivity index (χ4v) is 3.31. The van der Waals surface area contributed by atoms with Crippen LogP contribution in [0.25, 0.3) is 0 Å². The number of amides is 2. The van der Waals surface area contributed by atoms with E-state index in [0.717, 1.165) is 10.6 Å². The van der Waals surface area contributed by atoms with E-state index in [1.807, 2.05) is 6.07 Å². The topological polar surface area (TPSA) is 66.9 Å². The molecule has 9 heteroatoms. The number of anilines is 2. The molecule has 25 heavy (non-hydrogen) atoms. The molecule has 3 aromatic rings. The first kappa shape index (κ1) is 17.9. The molecule has 2 N–H and O–H groups in total. The van der Waals surface area contributed by atoms with Gasteiger partial charge in [-0.15, -0.1) is 10.2 Å². The number of urea groups is 1. The van der Waals surface area contributed by atoms with E-state index in [1.54, 1.807) is 36.4 Å². The van der Waals surface area contributed by atoms with Crippen LogP contribution in [0.3, 0.4) is 0 Å². The van der Waals surface area contributed by atoms with Crippen molar-refractivity contribution in [2.24, 2.45) is 0 Å².